The zero-order valence-corrected chi connectivity index (χ0v) is 12.8. The maximum Gasteiger partial charge on any atom is 0.412 e. The van der Waals surface area contributed by atoms with Gasteiger partial charge in [0.2, 0.25) is 5.88 Å². The molecule has 0 atom stereocenters. The molecule has 0 fully saturated rings. The van der Waals surface area contributed by atoms with Gasteiger partial charge in [-0.15, -0.1) is 0 Å². The summed E-state index contributed by atoms with van der Waals surface area (Å²) < 4.78 is 12.6. The normalized spacial score (nSPS) is 13.4. The standard InChI is InChI=1S/C15H18N4O3/c1-15(2,3)22-14(20)18-10-8-12-13(16-9-10)21-7-5-11-4-6-17-19(11)12/h4,6,8-9H,5,7H2,1-3H3,(H,18,20). The lowest BCUT2D eigenvalue weighted by Gasteiger charge is -2.19. The van der Waals surface area contributed by atoms with Crippen molar-refractivity contribution in [1.29, 1.82) is 0 Å². The molecule has 0 aromatic carbocycles. The number of hydrogen-bond donors (Lipinski definition) is 1. The SMILES string of the molecule is CC(C)(C)OC(=O)Nc1cnc2c(c1)-n1nccc1CCO2. The molecule has 22 heavy (non-hydrogen) atoms. The van der Waals surface area contributed by atoms with Crippen molar-refractivity contribution in [2.75, 3.05) is 11.9 Å². The van der Waals surface area contributed by atoms with Gasteiger partial charge >= 0.3 is 6.09 Å². The van der Waals surface area contributed by atoms with Crippen molar-refractivity contribution in [3.8, 4) is 11.6 Å². The van der Waals surface area contributed by atoms with Crippen LogP contribution in [0, 0.1) is 0 Å². The number of nitrogens with zero attached hydrogens (tertiary/aromatic N) is 3. The van der Waals surface area contributed by atoms with Gasteiger partial charge in [-0.25, -0.2) is 14.5 Å². The molecule has 3 heterocycles. The molecular weight excluding hydrogens is 284 g/mol. The third kappa shape index (κ3) is 3.03. The summed E-state index contributed by atoms with van der Waals surface area (Å²) in [6.07, 6.45) is 3.50. The third-order valence-corrected chi connectivity index (χ3v) is 3.02. The summed E-state index contributed by atoms with van der Waals surface area (Å²) in [4.78, 5) is 16.1. The summed E-state index contributed by atoms with van der Waals surface area (Å²) in [6.45, 7) is 5.98. The zero-order valence-electron chi connectivity index (χ0n) is 12.8. The van der Waals surface area contributed by atoms with E-state index in [1.165, 1.54) is 6.20 Å². The fourth-order valence-corrected chi connectivity index (χ4v) is 2.18. The summed E-state index contributed by atoms with van der Waals surface area (Å²) in [5, 5.41) is 6.96. The second-order valence-electron chi connectivity index (χ2n) is 6.01. The molecule has 0 bridgehead atoms. The molecule has 116 valence electrons. The minimum absolute atomic E-state index is 0.497. The van der Waals surface area contributed by atoms with Gasteiger partial charge in [0.25, 0.3) is 0 Å². The molecule has 1 amide bonds. The fraction of sp³-hybridized carbons (Fsp3) is 0.400. The van der Waals surface area contributed by atoms with Crippen LogP contribution in [0.1, 0.15) is 26.5 Å². The second-order valence-corrected chi connectivity index (χ2v) is 6.01. The van der Waals surface area contributed by atoms with Crippen LogP contribution in [-0.2, 0) is 11.2 Å². The van der Waals surface area contributed by atoms with Crippen molar-refractivity contribution < 1.29 is 14.3 Å². The molecule has 2 aromatic rings. The van der Waals surface area contributed by atoms with E-state index >= 15 is 0 Å². The van der Waals surface area contributed by atoms with E-state index in [4.69, 9.17) is 9.47 Å². The first-order chi connectivity index (χ1) is 10.4. The molecule has 1 aliphatic rings. The maximum atomic E-state index is 11.8. The van der Waals surface area contributed by atoms with E-state index in [1.807, 2.05) is 26.8 Å². The molecule has 0 radical (unpaired) electrons. The number of rotatable bonds is 1. The van der Waals surface area contributed by atoms with Crippen LogP contribution < -0.4 is 10.1 Å². The van der Waals surface area contributed by atoms with Crippen molar-refractivity contribution in [2.45, 2.75) is 32.8 Å². The van der Waals surface area contributed by atoms with E-state index in [9.17, 15) is 4.79 Å². The first kappa shape index (κ1) is 14.4. The molecule has 3 rings (SSSR count). The van der Waals surface area contributed by atoms with Gasteiger partial charge in [-0.1, -0.05) is 0 Å². The van der Waals surface area contributed by atoms with E-state index in [1.54, 1.807) is 16.9 Å². The van der Waals surface area contributed by atoms with Crippen LogP contribution in [0.3, 0.4) is 0 Å². The van der Waals surface area contributed by atoms with Crippen LogP contribution in [-0.4, -0.2) is 33.1 Å². The molecule has 0 spiro atoms. The number of carbonyl (C=O) groups is 1. The molecular formula is C15H18N4O3. The minimum Gasteiger partial charge on any atom is -0.476 e. The van der Waals surface area contributed by atoms with E-state index < -0.39 is 11.7 Å². The van der Waals surface area contributed by atoms with Crippen molar-refractivity contribution in [3.05, 3.63) is 30.2 Å². The average molecular weight is 302 g/mol. The highest BCUT2D eigenvalue weighted by atomic mass is 16.6. The van der Waals surface area contributed by atoms with Gasteiger partial charge in [0.1, 0.15) is 11.3 Å². The lowest BCUT2D eigenvalue weighted by Crippen LogP contribution is -2.27. The second kappa shape index (κ2) is 5.32. The van der Waals surface area contributed by atoms with Crippen LogP contribution in [0.5, 0.6) is 5.88 Å². The predicted octanol–water partition coefficient (Wildman–Crippen LogP) is 2.55. The Kier molecular flexibility index (Phi) is 3.48. The first-order valence-electron chi connectivity index (χ1n) is 7.08. The number of hydrogen-bond acceptors (Lipinski definition) is 5. The lowest BCUT2D eigenvalue weighted by molar-refractivity contribution is 0.0636. The maximum absolute atomic E-state index is 11.8. The Labute approximate surface area is 128 Å². The van der Waals surface area contributed by atoms with Gasteiger partial charge < -0.3 is 9.47 Å². The molecule has 7 heteroatoms. The molecule has 0 saturated carbocycles. The summed E-state index contributed by atoms with van der Waals surface area (Å²) in [6, 6.07) is 3.71. The Morgan fingerprint density at radius 1 is 1.45 bits per heavy atom. The van der Waals surface area contributed by atoms with E-state index in [2.05, 4.69) is 15.4 Å². The number of pyridine rings is 1. The molecule has 2 aromatic heterocycles. The number of nitrogens with one attached hydrogen (secondary N) is 1. The van der Waals surface area contributed by atoms with Crippen molar-refractivity contribution >= 4 is 11.8 Å². The average Bonchev–Trinajstić information content (AvgIpc) is 2.80. The molecule has 0 unspecified atom stereocenters. The number of fused-ring (bicyclic) bond motifs is 3. The number of anilines is 1. The van der Waals surface area contributed by atoms with Gasteiger partial charge in [-0.3, -0.25) is 5.32 Å². The van der Waals surface area contributed by atoms with Crippen molar-refractivity contribution in [3.63, 3.8) is 0 Å². The van der Waals surface area contributed by atoms with Gasteiger partial charge in [0, 0.05) is 18.3 Å². The number of amides is 1. The predicted molar refractivity (Wildman–Crippen MR) is 80.4 cm³/mol. The third-order valence-electron chi connectivity index (χ3n) is 3.02. The smallest absolute Gasteiger partial charge is 0.412 e. The van der Waals surface area contributed by atoms with Crippen LogP contribution in [0.2, 0.25) is 0 Å². The highest BCUT2D eigenvalue weighted by molar-refractivity contribution is 5.85. The summed E-state index contributed by atoms with van der Waals surface area (Å²) >= 11 is 0. The van der Waals surface area contributed by atoms with E-state index in [0.717, 1.165) is 12.1 Å². The number of aromatic nitrogens is 3. The Morgan fingerprint density at radius 3 is 3.05 bits per heavy atom. The summed E-state index contributed by atoms with van der Waals surface area (Å²) in [5.74, 6) is 0.497. The van der Waals surface area contributed by atoms with Gasteiger partial charge in [-0.2, -0.15) is 5.10 Å². The Balaban J connectivity index is 1.87. The summed E-state index contributed by atoms with van der Waals surface area (Å²) in [5.41, 5.74) is 1.71. The van der Waals surface area contributed by atoms with Crippen LogP contribution in [0.25, 0.3) is 5.69 Å². The van der Waals surface area contributed by atoms with Gasteiger partial charge in [0.15, 0.2) is 0 Å². The largest absolute Gasteiger partial charge is 0.476 e. The molecule has 0 aliphatic carbocycles. The Morgan fingerprint density at radius 2 is 2.27 bits per heavy atom. The highest BCUT2D eigenvalue weighted by Crippen LogP contribution is 2.27. The van der Waals surface area contributed by atoms with E-state index in [0.29, 0.717) is 23.9 Å². The molecule has 1 N–H and O–H groups in total. The van der Waals surface area contributed by atoms with Crippen LogP contribution in [0.15, 0.2) is 24.5 Å². The monoisotopic (exact) mass is 302 g/mol. The number of carbonyl (C=O) groups excluding carboxylic acids is 1. The Hall–Kier alpha value is -2.57. The highest BCUT2D eigenvalue weighted by Gasteiger charge is 2.19. The van der Waals surface area contributed by atoms with Crippen LogP contribution >= 0.6 is 0 Å². The van der Waals surface area contributed by atoms with Crippen molar-refractivity contribution in [2.24, 2.45) is 0 Å². The topological polar surface area (TPSA) is 78.3 Å². The zero-order chi connectivity index (χ0) is 15.7. The lowest BCUT2D eigenvalue weighted by atomic mass is 10.2. The fourth-order valence-electron chi connectivity index (χ4n) is 2.18. The van der Waals surface area contributed by atoms with E-state index in [-0.39, 0.29) is 0 Å². The molecule has 7 nitrogen and oxygen atoms in total. The summed E-state index contributed by atoms with van der Waals surface area (Å²) in [7, 11) is 0. The van der Waals surface area contributed by atoms with Crippen molar-refractivity contribution in [1.82, 2.24) is 14.8 Å². The molecule has 1 aliphatic heterocycles. The van der Waals surface area contributed by atoms with Gasteiger partial charge in [-0.05, 0) is 32.9 Å². The quantitative estimate of drug-likeness (QED) is 0.876. The van der Waals surface area contributed by atoms with Gasteiger partial charge in [0.05, 0.1) is 18.5 Å². The number of ether oxygens (including phenoxy) is 2. The molecule has 0 saturated heterocycles. The first-order valence-corrected chi connectivity index (χ1v) is 7.08. The minimum atomic E-state index is -0.554. The Bertz CT molecular complexity index is 703. The van der Waals surface area contributed by atoms with Crippen LogP contribution in [0.4, 0.5) is 10.5 Å².